The number of hydrogen-bond donors (Lipinski definition) is 3. The number of carboxylic acid groups (broad SMARTS) is 1. The highest BCUT2D eigenvalue weighted by Gasteiger charge is 2.54. The van der Waals surface area contributed by atoms with E-state index in [1.54, 1.807) is 6.08 Å². The molecule has 1 fully saturated rings. The Balaban J connectivity index is 1.48. The molecular formula is C17H18N10O5S3. The third-order valence-electron chi connectivity index (χ3n) is 4.76. The molecule has 4 N–H and O–H groups in total. The minimum Gasteiger partial charge on any atom is -0.477 e. The van der Waals surface area contributed by atoms with Crippen LogP contribution in [0.25, 0.3) is 0 Å². The van der Waals surface area contributed by atoms with Crippen molar-refractivity contribution in [2.45, 2.75) is 23.1 Å². The smallest absolute Gasteiger partial charge is 0.352 e. The minimum atomic E-state index is -1.24. The molecule has 2 aromatic rings. The van der Waals surface area contributed by atoms with Crippen LogP contribution in [-0.4, -0.2) is 93.1 Å². The first-order chi connectivity index (χ1) is 16.8. The lowest BCUT2D eigenvalue weighted by molar-refractivity contribution is -0.150. The summed E-state index contributed by atoms with van der Waals surface area (Å²) in [6, 6.07) is -0.964. The molecule has 4 rings (SSSR count). The maximum Gasteiger partial charge on any atom is 0.352 e. The Labute approximate surface area is 210 Å². The Morgan fingerprint density at radius 3 is 2.94 bits per heavy atom. The number of nitrogens with zero attached hydrogens (tertiary/aromatic N) is 8. The highest BCUT2D eigenvalue weighted by molar-refractivity contribution is 8.01. The fraction of sp³-hybridized carbons (Fsp3) is 0.353. The van der Waals surface area contributed by atoms with Crippen LogP contribution < -0.4 is 11.1 Å². The topological polar surface area (TPSA) is 204 Å². The number of carbonyl (C=O) groups is 3. The van der Waals surface area contributed by atoms with Gasteiger partial charge in [0.2, 0.25) is 16.7 Å². The number of aromatic nitrogens is 6. The second kappa shape index (κ2) is 10.4. The summed E-state index contributed by atoms with van der Waals surface area (Å²) in [5, 5.41) is 27.5. The summed E-state index contributed by atoms with van der Waals surface area (Å²) in [4.78, 5) is 47.5. The quantitative estimate of drug-likeness (QED) is 0.111. The van der Waals surface area contributed by atoms with Crippen LogP contribution in [0.15, 0.2) is 34.2 Å². The average molecular weight is 539 g/mol. The standard InChI is InChI=1S/C17H18N10O5S3/c1-3-4-26-17(21-24-25-26)34-6-7-5-33-14-9(13(29)27(14)10(7)15(30)31)19-12(28)8(22-32-2)11-20-16(18)35-23-11/h3,9,14H,1,4-6H2,2H3,(H,19,28)(H,30,31)(H2,18,20,23)/b22-8+/t9?,14-/m1/s1. The first-order valence-corrected chi connectivity index (χ1v) is 12.6. The number of allylic oxidation sites excluding steroid dienone is 1. The SMILES string of the molecule is C=CCn1nnnc1SCC1=C(C(=O)O)N2C(=O)C(NC(=O)/C(=N/OC)c3nsc(N)n3)[C@H]2SC1. The monoisotopic (exact) mass is 538 g/mol. The van der Waals surface area contributed by atoms with E-state index in [4.69, 9.17) is 10.6 Å². The molecular weight excluding hydrogens is 520 g/mol. The van der Waals surface area contributed by atoms with Crippen LogP contribution in [0.2, 0.25) is 0 Å². The predicted octanol–water partition coefficient (Wildman–Crippen LogP) is -0.826. The van der Waals surface area contributed by atoms with Crippen LogP contribution in [0.1, 0.15) is 5.82 Å². The Bertz CT molecular complexity index is 1240. The fourth-order valence-electron chi connectivity index (χ4n) is 3.30. The molecule has 2 atom stereocenters. The number of anilines is 1. The number of β-lactam (4-membered cyclic amide) rings is 1. The summed E-state index contributed by atoms with van der Waals surface area (Å²) in [6.45, 7) is 4.05. The molecule has 4 heterocycles. The third-order valence-corrected chi connectivity index (χ3v) is 7.69. The maximum absolute atomic E-state index is 12.9. The third kappa shape index (κ3) is 4.84. The van der Waals surface area contributed by atoms with E-state index in [-0.39, 0.29) is 28.1 Å². The van der Waals surface area contributed by atoms with Crippen LogP contribution in [-0.2, 0) is 25.8 Å². The van der Waals surface area contributed by atoms with Crippen molar-refractivity contribution in [2.24, 2.45) is 5.16 Å². The van der Waals surface area contributed by atoms with Crippen molar-refractivity contribution in [1.82, 2.24) is 39.8 Å². The summed E-state index contributed by atoms with van der Waals surface area (Å²) in [7, 11) is 1.25. The van der Waals surface area contributed by atoms with Crippen LogP contribution in [0, 0.1) is 0 Å². The molecule has 0 saturated carbocycles. The number of hydrogen-bond acceptors (Lipinski definition) is 14. The van der Waals surface area contributed by atoms with Crippen molar-refractivity contribution in [3.05, 3.63) is 29.7 Å². The van der Waals surface area contributed by atoms with Gasteiger partial charge in [-0.2, -0.15) is 9.36 Å². The number of aliphatic carboxylic acids is 1. The van der Waals surface area contributed by atoms with E-state index in [2.05, 4.69) is 41.9 Å². The number of thioether (sulfide) groups is 2. The molecule has 2 aliphatic heterocycles. The van der Waals surface area contributed by atoms with Crippen molar-refractivity contribution >= 4 is 63.7 Å². The van der Waals surface area contributed by atoms with E-state index in [1.807, 2.05) is 0 Å². The number of carboxylic acids is 1. The van der Waals surface area contributed by atoms with E-state index < -0.39 is 29.2 Å². The lowest BCUT2D eigenvalue weighted by atomic mass is 10.0. The second-order valence-electron chi connectivity index (χ2n) is 6.92. The average Bonchev–Trinajstić information content (AvgIpc) is 3.47. The zero-order chi connectivity index (χ0) is 25.1. The van der Waals surface area contributed by atoms with Crippen LogP contribution in [0.4, 0.5) is 5.13 Å². The summed E-state index contributed by atoms with van der Waals surface area (Å²) < 4.78 is 5.47. The normalized spacial score (nSPS) is 19.7. The molecule has 1 unspecified atom stereocenters. The lowest BCUT2D eigenvalue weighted by Crippen LogP contribution is -2.71. The molecule has 184 valence electrons. The van der Waals surface area contributed by atoms with Gasteiger partial charge in [-0.3, -0.25) is 14.5 Å². The molecule has 0 spiro atoms. The Morgan fingerprint density at radius 2 is 2.29 bits per heavy atom. The van der Waals surface area contributed by atoms with Crippen molar-refractivity contribution in [3.8, 4) is 0 Å². The van der Waals surface area contributed by atoms with Gasteiger partial charge in [0.15, 0.2) is 5.13 Å². The summed E-state index contributed by atoms with van der Waals surface area (Å²) >= 11 is 3.46. The predicted molar refractivity (Wildman–Crippen MR) is 126 cm³/mol. The molecule has 0 bridgehead atoms. The van der Waals surface area contributed by atoms with Gasteiger partial charge in [0.25, 0.3) is 11.8 Å². The van der Waals surface area contributed by atoms with Crippen LogP contribution in [0.3, 0.4) is 0 Å². The van der Waals surface area contributed by atoms with Crippen LogP contribution >= 0.6 is 35.1 Å². The highest BCUT2D eigenvalue weighted by atomic mass is 32.2. The molecule has 0 radical (unpaired) electrons. The molecule has 15 nitrogen and oxygen atoms in total. The highest BCUT2D eigenvalue weighted by Crippen LogP contribution is 2.41. The summed E-state index contributed by atoms with van der Waals surface area (Å²) in [5.74, 6) is -1.99. The Morgan fingerprint density at radius 1 is 1.49 bits per heavy atom. The minimum absolute atomic E-state index is 0.0454. The second-order valence-corrected chi connectivity index (χ2v) is 9.75. The van der Waals surface area contributed by atoms with Gasteiger partial charge in [0, 0.05) is 23.0 Å². The van der Waals surface area contributed by atoms with Gasteiger partial charge in [-0.1, -0.05) is 23.0 Å². The number of nitrogen functional groups attached to an aromatic ring is 1. The van der Waals surface area contributed by atoms with Gasteiger partial charge in [-0.05, 0) is 16.0 Å². The van der Waals surface area contributed by atoms with Crippen LogP contribution in [0.5, 0.6) is 0 Å². The van der Waals surface area contributed by atoms with E-state index in [9.17, 15) is 19.5 Å². The largest absolute Gasteiger partial charge is 0.477 e. The number of tetrazole rings is 1. The van der Waals surface area contributed by atoms with Gasteiger partial charge < -0.3 is 21.0 Å². The summed E-state index contributed by atoms with van der Waals surface area (Å²) in [6.07, 6.45) is 1.64. The molecule has 2 aliphatic rings. The van der Waals surface area contributed by atoms with E-state index in [0.717, 1.165) is 11.5 Å². The van der Waals surface area contributed by atoms with Gasteiger partial charge in [0.1, 0.15) is 24.2 Å². The lowest BCUT2D eigenvalue weighted by Gasteiger charge is -2.49. The Kier molecular flexibility index (Phi) is 7.31. The number of rotatable bonds is 10. The number of nitrogens with one attached hydrogen (secondary N) is 1. The molecule has 2 amide bonds. The van der Waals surface area contributed by atoms with Crippen molar-refractivity contribution in [1.29, 1.82) is 0 Å². The first kappa shape index (κ1) is 24.6. The zero-order valence-electron chi connectivity index (χ0n) is 18.0. The van der Waals surface area contributed by atoms with Gasteiger partial charge in [-0.15, -0.1) is 23.4 Å². The molecule has 1 saturated heterocycles. The van der Waals surface area contributed by atoms with Crippen molar-refractivity contribution in [3.63, 3.8) is 0 Å². The summed E-state index contributed by atoms with van der Waals surface area (Å²) in [5.41, 5.74) is 5.75. The van der Waals surface area contributed by atoms with Gasteiger partial charge >= 0.3 is 5.97 Å². The van der Waals surface area contributed by atoms with Crippen molar-refractivity contribution < 1.29 is 24.3 Å². The van der Waals surface area contributed by atoms with E-state index >= 15 is 0 Å². The number of carbonyl (C=O) groups excluding carboxylic acids is 2. The fourth-order valence-corrected chi connectivity index (χ4v) is 6.11. The van der Waals surface area contributed by atoms with E-state index in [0.29, 0.717) is 23.0 Å². The molecule has 2 aromatic heterocycles. The molecule has 0 aromatic carbocycles. The molecule has 0 aliphatic carbocycles. The molecule has 35 heavy (non-hydrogen) atoms. The number of amides is 2. The van der Waals surface area contributed by atoms with Crippen molar-refractivity contribution in [2.75, 3.05) is 24.3 Å². The maximum atomic E-state index is 12.9. The zero-order valence-corrected chi connectivity index (χ0v) is 20.5. The molecule has 18 heteroatoms. The Hall–Kier alpha value is -3.51. The van der Waals surface area contributed by atoms with E-state index in [1.165, 1.54) is 40.2 Å². The number of oxime groups is 1. The number of fused-ring (bicyclic) bond motifs is 1. The van der Waals surface area contributed by atoms with Gasteiger partial charge in [0.05, 0.1) is 6.54 Å². The van der Waals surface area contributed by atoms with Gasteiger partial charge in [-0.25, -0.2) is 9.48 Å². The first-order valence-electron chi connectivity index (χ1n) is 9.77. The number of nitrogens with two attached hydrogens (primary N) is 1.